The molecule has 0 aliphatic heterocycles. The zero-order valence-corrected chi connectivity index (χ0v) is 16.5. The number of phenolic OH excluding ortho intramolecular Hbond substituents is 1. The first kappa shape index (κ1) is 18.4. The number of carbonyl (C=O) groups excluding carboxylic acids is 1. The van der Waals surface area contributed by atoms with Gasteiger partial charge in [-0.15, -0.1) is 0 Å². The van der Waals surface area contributed by atoms with Crippen LogP contribution in [0.5, 0.6) is 5.75 Å². The van der Waals surface area contributed by atoms with Gasteiger partial charge in [0.1, 0.15) is 5.75 Å². The van der Waals surface area contributed by atoms with Gasteiger partial charge in [0.25, 0.3) is 5.91 Å². The van der Waals surface area contributed by atoms with E-state index in [2.05, 4.69) is 24.3 Å². The van der Waals surface area contributed by atoms with E-state index in [1.165, 1.54) is 50.2 Å². The van der Waals surface area contributed by atoms with E-state index in [9.17, 15) is 9.90 Å². The van der Waals surface area contributed by atoms with Crippen LogP contribution in [0.2, 0.25) is 0 Å². The molecule has 4 bridgehead atoms. The van der Waals surface area contributed by atoms with E-state index in [4.69, 9.17) is 5.21 Å². The molecular formula is C25H27NO3. The molecule has 0 atom stereocenters. The fourth-order valence-corrected chi connectivity index (χ4v) is 6.59. The first-order chi connectivity index (χ1) is 14.0. The Balaban J connectivity index is 1.45. The normalized spacial score (nSPS) is 30.0. The highest BCUT2D eigenvalue weighted by molar-refractivity contribution is 5.91. The lowest BCUT2D eigenvalue weighted by Crippen LogP contribution is -2.48. The van der Waals surface area contributed by atoms with Crippen LogP contribution in [-0.2, 0) is 10.2 Å². The summed E-state index contributed by atoms with van der Waals surface area (Å²) in [4.78, 5) is 11.1. The lowest BCUT2D eigenvalue weighted by Gasteiger charge is -2.57. The molecule has 150 valence electrons. The number of rotatable bonds is 4. The molecule has 6 rings (SSSR count). The third-order valence-corrected chi connectivity index (χ3v) is 7.38. The summed E-state index contributed by atoms with van der Waals surface area (Å²) in [6.07, 6.45) is 11.1. The van der Waals surface area contributed by atoms with Gasteiger partial charge < -0.3 is 5.11 Å². The second-order valence-electron chi connectivity index (χ2n) is 9.36. The molecule has 2 aromatic carbocycles. The van der Waals surface area contributed by atoms with Gasteiger partial charge >= 0.3 is 0 Å². The smallest absolute Gasteiger partial charge is 0.267 e. The van der Waals surface area contributed by atoms with Crippen LogP contribution in [0.25, 0.3) is 17.2 Å². The number of carbonyl (C=O) groups is 1. The van der Waals surface area contributed by atoms with E-state index < -0.39 is 5.91 Å². The molecule has 4 heteroatoms. The minimum absolute atomic E-state index is 0.194. The molecule has 1 amide bonds. The molecule has 0 aromatic heterocycles. The van der Waals surface area contributed by atoms with Gasteiger partial charge in [0.2, 0.25) is 0 Å². The number of hydrogen-bond acceptors (Lipinski definition) is 3. The molecule has 3 N–H and O–H groups in total. The Morgan fingerprint density at radius 2 is 1.69 bits per heavy atom. The van der Waals surface area contributed by atoms with E-state index in [0.717, 1.165) is 28.9 Å². The SMILES string of the molecule is O=C(/C=C/c1ccc(-c2cccc(C34CC5CC(CC(C5)C3)C4)c2)c(O)c1)NO. The lowest BCUT2D eigenvalue weighted by atomic mass is 9.48. The minimum atomic E-state index is -0.600. The number of phenols is 1. The van der Waals surface area contributed by atoms with Crippen LogP contribution in [0, 0.1) is 17.8 Å². The third kappa shape index (κ3) is 3.36. The van der Waals surface area contributed by atoms with Crippen molar-refractivity contribution in [1.82, 2.24) is 5.48 Å². The Morgan fingerprint density at radius 1 is 1.00 bits per heavy atom. The number of benzene rings is 2. The van der Waals surface area contributed by atoms with Crippen molar-refractivity contribution in [2.24, 2.45) is 17.8 Å². The van der Waals surface area contributed by atoms with Crippen molar-refractivity contribution in [3.8, 4) is 16.9 Å². The summed E-state index contributed by atoms with van der Waals surface area (Å²) in [5.74, 6) is 2.30. The maximum atomic E-state index is 11.1. The van der Waals surface area contributed by atoms with Crippen LogP contribution >= 0.6 is 0 Å². The Labute approximate surface area is 171 Å². The molecular weight excluding hydrogens is 362 g/mol. The van der Waals surface area contributed by atoms with E-state index in [-0.39, 0.29) is 5.75 Å². The van der Waals surface area contributed by atoms with Crippen LogP contribution in [-0.4, -0.2) is 16.2 Å². The molecule has 4 aliphatic carbocycles. The summed E-state index contributed by atoms with van der Waals surface area (Å²) in [5.41, 5.74) is 5.88. The standard InChI is InChI=1S/C25H27NO3/c27-23-11-16(5-7-24(28)26-29)4-6-22(23)20-2-1-3-21(12-20)25-13-17-8-18(14-25)10-19(9-17)15-25/h1-7,11-12,17-19,27,29H,8-10,13-15H2,(H,26,28)/b7-5+. The van der Waals surface area contributed by atoms with Crippen LogP contribution in [0.1, 0.15) is 49.7 Å². The highest BCUT2D eigenvalue weighted by atomic mass is 16.5. The maximum absolute atomic E-state index is 11.1. The van der Waals surface area contributed by atoms with Crippen LogP contribution < -0.4 is 5.48 Å². The predicted molar refractivity (Wildman–Crippen MR) is 112 cm³/mol. The first-order valence-electron chi connectivity index (χ1n) is 10.6. The summed E-state index contributed by atoms with van der Waals surface area (Å²) in [6, 6.07) is 14.2. The third-order valence-electron chi connectivity index (χ3n) is 7.38. The van der Waals surface area contributed by atoms with E-state index in [1.807, 2.05) is 12.1 Å². The number of hydrogen-bond donors (Lipinski definition) is 3. The number of aromatic hydroxyl groups is 1. The zero-order chi connectivity index (χ0) is 20.0. The van der Waals surface area contributed by atoms with Gasteiger partial charge in [-0.2, -0.15) is 0 Å². The van der Waals surface area contributed by atoms with Crippen molar-refractivity contribution in [3.05, 3.63) is 59.7 Å². The first-order valence-corrected chi connectivity index (χ1v) is 10.6. The molecule has 0 spiro atoms. The van der Waals surface area contributed by atoms with Crippen molar-refractivity contribution in [2.75, 3.05) is 0 Å². The van der Waals surface area contributed by atoms with Crippen molar-refractivity contribution >= 4 is 12.0 Å². The van der Waals surface area contributed by atoms with Gasteiger partial charge in [-0.25, -0.2) is 5.48 Å². The minimum Gasteiger partial charge on any atom is -0.507 e. The maximum Gasteiger partial charge on any atom is 0.267 e. The van der Waals surface area contributed by atoms with Gasteiger partial charge in [0, 0.05) is 11.6 Å². The average Bonchev–Trinajstić information content (AvgIpc) is 2.71. The van der Waals surface area contributed by atoms with Gasteiger partial charge in [-0.05, 0) is 90.5 Å². The zero-order valence-electron chi connectivity index (χ0n) is 16.5. The molecule has 4 fully saturated rings. The molecule has 0 unspecified atom stereocenters. The van der Waals surface area contributed by atoms with Gasteiger partial charge in [-0.1, -0.05) is 36.4 Å². The Kier molecular flexibility index (Phi) is 4.47. The topological polar surface area (TPSA) is 69.6 Å². The monoisotopic (exact) mass is 389 g/mol. The summed E-state index contributed by atoms with van der Waals surface area (Å²) < 4.78 is 0. The van der Waals surface area contributed by atoms with Crippen LogP contribution in [0.4, 0.5) is 0 Å². The molecule has 4 nitrogen and oxygen atoms in total. The second kappa shape index (κ2) is 7.03. The van der Waals surface area contributed by atoms with E-state index >= 15 is 0 Å². The molecule has 2 aromatic rings. The second-order valence-corrected chi connectivity index (χ2v) is 9.36. The van der Waals surface area contributed by atoms with Gasteiger partial charge in [0.15, 0.2) is 0 Å². The summed E-state index contributed by atoms with van der Waals surface area (Å²) in [7, 11) is 0. The van der Waals surface area contributed by atoms with Crippen molar-refractivity contribution in [2.45, 2.75) is 43.9 Å². The predicted octanol–water partition coefficient (Wildman–Crippen LogP) is 5.05. The van der Waals surface area contributed by atoms with E-state index in [1.54, 1.807) is 17.6 Å². The quantitative estimate of drug-likeness (QED) is 0.389. The molecule has 0 saturated heterocycles. The highest BCUT2D eigenvalue weighted by Crippen LogP contribution is 2.60. The van der Waals surface area contributed by atoms with E-state index in [0.29, 0.717) is 11.0 Å². The fraction of sp³-hybridized carbons (Fsp3) is 0.400. The molecule has 0 radical (unpaired) electrons. The Morgan fingerprint density at radius 3 is 2.31 bits per heavy atom. The number of nitrogens with one attached hydrogen (secondary N) is 1. The summed E-state index contributed by atoms with van der Waals surface area (Å²) >= 11 is 0. The molecule has 4 saturated carbocycles. The molecule has 29 heavy (non-hydrogen) atoms. The summed E-state index contributed by atoms with van der Waals surface area (Å²) in [5, 5.41) is 19.2. The van der Waals surface area contributed by atoms with Crippen molar-refractivity contribution in [1.29, 1.82) is 0 Å². The van der Waals surface area contributed by atoms with Gasteiger partial charge in [0.05, 0.1) is 0 Å². The Bertz CT molecular complexity index is 942. The average molecular weight is 389 g/mol. The fourth-order valence-electron chi connectivity index (χ4n) is 6.59. The lowest BCUT2D eigenvalue weighted by molar-refractivity contribution is -0.124. The molecule has 4 aliphatic rings. The number of hydroxylamine groups is 1. The summed E-state index contributed by atoms with van der Waals surface area (Å²) in [6.45, 7) is 0. The van der Waals surface area contributed by atoms with Gasteiger partial charge in [-0.3, -0.25) is 10.0 Å². The number of amides is 1. The Hall–Kier alpha value is -2.59. The van der Waals surface area contributed by atoms with Crippen molar-refractivity contribution in [3.63, 3.8) is 0 Å². The van der Waals surface area contributed by atoms with Crippen LogP contribution in [0.3, 0.4) is 0 Å². The highest BCUT2D eigenvalue weighted by Gasteiger charge is 2.51. The molecule has 0 heterocycles. The van der Waals surface area contributed by atoms with Crippen LogP contribution in [0.15, 0.2) is 48.5 Å². The van der Waals surface area contributed by atoms with Crippen molar-refractivity contribution < 1.29 is 15.1 Å². The largest absolute Gasteiger partial charge is 0.507 e.